The van der Waals surface area contributed by atoms with Crippen LogP contribution >= 0.6 is 15.9 Å². The molecule has 0 saturated heterocycles. The summed E-state index contributed by atoms with van der Waals surface area (Å²) in [5.74, 6) is -0.257. The van der Waals surface area contributed by atoms with Crippen LogP contribution in [0.2, 0.25) is 0 Å². The third kappa shape index (κ3) is 2.90. The molecule has 1 unspecified atom stereocenters. The molecule has 21 heavy (non-hydrogen) atoms. The van der Waals surface area contributed by atoms with Gasteiger partial charge in [-0.05, 0) is 40.4 Å². The molecule has 2 rings (SSSR count). The molecule has 3 heteroatoms. The van der Waals surface area contributed by atoms with Crippen LogP contribution in [-0.2, 0) is 5.41 Å². The molecule has 0 spiro atoms. The van der Waals surface area contributed by atoms with E-state index in [-0.39, 0.29) is 17.3 Å². The van der Waals surface area contributed by atoms with E-state index in [1.165, 1.54) is 5.56 Å². The van der Waals surface area contributed by atoms with Gasteiger partial charge in [-0.3, -0.25) is 0 Å². The van der Waals surface area contributed by atoms with E-state index in [9.17, 15) is 4.39 Å². The lowest BCUT2D eigenvalue weighted by Crippen LogP contribution is -2.38. The van der Waals surface area contributed by atoms with Crippen LogP contribution < -0.4 is 5.73 Å². The zero-order valence-corrected chi connectivity index (χ0v) is 14.0. The Hall–Kier alpha value is -1.19. The van der Waals surface area contributed by atoms with Gasteiger partial charge in [-0.2, -0.15) is 0 Å². The zero-order valence-electron chi connectivity index (χ0n) is 12.4. The van der Waals surface area contributed by atoms with Gasteiger partial charge in [0.15, 0.2) is 0 Å². The third-order valence-electron chi connectivity index (χ3n) is 4.52. The van der Waals surface area contributed by atoms with E-state index in [4.69, 9.17) is 5.73 Å². The van der Waals surface area contributed by atoms with Crippen molar-refractivity contribution in [1.29, 1.82) is 0 Å². The zero-order chi connectivity index (χ0) is 15.5. The molecule has 2 aromatic carbocycles. The summed E-state index contributed by atoms with van der Waals surface area (Å²) in [6.07, 6.45) is 1.72. The molecule has 2 N–H and O–H groups in total. The second-order valence-corrected chi connectivity index (χ2v) is 6.20. The summed E-state index contributed by atoms with van der Waals surface area (Å²) in [6.45, 7) is 4.23. The molecule has 112 valence electrons. The minimum Gasteiger partial charge on any atom is -0.323 e. The maximum absolute atomic E-state index is 14.4. The first-order valence-corrected chi connectivity index (χ1v) is 8.11. The van der Waals surface area contributed by atoms with E-state index >= 15 is 0 Å². The van der Waals surface area contributed by atoms with Crippen LogP contribution in [0.1, 0.15) is 43.9 Å². The van der Waals surface area contributed by atoms with Crippen LogP contribution in [0, 0.1) is 5.82 Å². The summed E-state index contributed by atoms with van der Waals surface area (Å²) in [5, 5.41) is 0. The lowest BCUT2D eigenvalue weighted by Gasteiger charge is -2.38. The Balaban J connectivity index is 2.55. The topological polar surface area (TPSA) is 26.0 Å². The van der Waals surface area contributed by atoms with Gasteiger partial charge in [0, 0.05) is 17.0 Å². The fourth-order valence-electron chi connectivity index (χ4n) is 3.11. The Kier molecular flexibility index (Phi) is 5.17. The molecular formula is C18H21BrFN. The molecule has 0 radical (unpaired) electrons. The molecular weight excluding hydrogens is 329 g/mol. The van der Waals surface area contributed by atoms with Crippen molar-refractivity contribution in [2.75, 3.05) is 0 Å². The van der Waals surface area contributed by atoms with Crippen LogP contribution in [0.5, 0.6) is 0 Å². The molecule has 0 heterocycles. The lowest BCUT2D eigenvalue weighted by atomic mass is 9.68. The van der Waals surface area contributed by atoms with Crippen LogP contribution in [0.4, 0.5) is 4.39 Å². The van der Waals surface area contributed by atoms with Gasteiger partial charge in [-0.15, -0.1) is 0 Å². The molecule has 2 aromatic rings. The van der Waals surface area contributed by atoms with Crippen molar-refractivity contribution in [3.63, 3.8) is 0 Å². The summed E-state index contributed by atoms with van der Waals surface area (Å²) in [7, 11) is 0. The number of nitrogens with two attached hydrogens (primary N) is 1. The maximum atomic E-state index is 14.4. The Labute approximate surface area is 134 Å². The van der Waals surface area contributed by atoms with Crippen LogP contribution in [0.25, 0.3) is 0 Å². The number of hydrogen-bond acceptors (Lipinski definition) is 1. The van der Waals surface area contributed by atoms with E-state index in [0.29, 0.717) is 10.0 Å². The van der Waals surface area contributed by atoms with Crippen molar-refractivity contribution in [3.05, 3.63) is 69.9 Å². The first-order chi connectivity index (χ1) is 10.1. The molecule has 0 saturated carbocycles. The minimum atomic E-state index is -0.382. The molecule has 0 aliphatic heterocycles. The van der Waals surface area contributed by atoms with Crippen LogP contribution in [0.3, 0.4) is 0 Å². The summed E-state index contributed by atoms with van der Waals surface area (Å²) < 4.78 is 14.9. The predicted molar refractivity (Wildman–Crippen MR) is 89.7 cm³/mol. The second-order valence-electron chi connectivity index (χ2n) is 5.35. The van der Waals surface area contributed by atoms with Crippen molar-refractivity contribution >= 4 is 15.9 Å². The minimum absolute atomic E-state index is 0.257. The monoisotopic (exact) mass is 349 g/mol. The molecule has 1 nitrogen and oxygen atoms in total. The average Bonchev–Trinajstić information content (AvgIpc) is 2.53. The fraction of sp³-hybridized carbons (Fsp3) is 0.333. The number of benzene rings is 2. The normalized spacial score (nSPS) is 13.2. The van der Waals surface area contributed by atoms with E-state index in [0.717, 1.165) is 12.8 Å². The quantitative estimate of drug-likeness (QED) is 0.773. The Bertz CT molecular complexity index is 593. The summed E-state index contributed by atoms with van der Waals surface area (Å²) in [5.41, 5.74) is 8.01. The highest BCUT2D eigenvalue weighted by molar-refractivity contribution is 9.10. The lowest BCUT2D eigenvalue weighted by molar-refractivity contribution is 0.315. The van der Waals surface area contributed by atoms with Gasteiger partial charge >= 0.3 is 0 Å². The molecule has 0 bridgehead atoms. The summed E-state index contributed by atoms with van der Waals surface area (Å²) in [4.78, 5) is 0. The van der Waals surface area contributed by atoms with Gasteiger partial charge in [0.1, 0.15) is 5.82 Å². The Morgan fingerprint density at radius 3 is 2.24 bits per heavy atom. The molecule has 0 fully saturated rings. The molecule has 0 amide bonds. The van der Waals surface area contributed by atoms with Gasteiger partial charge in [-0.1, -0.05) is 56.3 Å². The van der Waals surface area contributed by atoms with E-state index < -0.39 is 0 Å². The number of hydrogen-bond donors (Lipinski definition) is 1. The average molecular weight is 350 g/mol. The summed E-state index contributed by atoms with van der Waals surface area (Å²) in [6, 6.07) is 15.1. The van der Waals surface area contributed by atoms with Gasteiger partial charge in [0.2, 0.25) is 0 Å². The SMILES string of the molecule is CCC(CC)(c1ccccc1)C(N)c1cccc(Br)c1F. The first-order valence-electron chi connectivity index (χ1n) is 7.31. The van der Waals surface area contributed by atoms with Crippen molar-refractivity contribution in [2.45, 2.75) is 38.1 Å². The standard InChI is InChI=1S/C18H21BrFN/c1-3-18(4-2,13-9-6-5-7-10-13)17(21)14-11-8-12-15(19)16(14)20/h5-12,17H,3-4,21H2,1-2H3. The number of halogens is 2. The summed E-state index contributed by atoms with van der Waals surface area (Å²) >= 11 is 3.25. The smallest absolute Gasteiger partial charge is 0.142 e. The number of rotatable bonds is 5. The largest absolute Gasteiger partial charge is 0.323 e. The highest BCUT2D eigenvalue weighted by atomic mass is 79.9. The Morgan fingerprint density at radius 1 is 1.05 bits per heavy atom. The first kappa shape index (κ1) is 16.2. The van der Waals surface area contributed by atoms with Gasteiger partial charge < -0.3 is 5.73 Å². The second kappa shape index (κ2) is 6.71. The highest BCUT2D eigenvalue weighted by Gasteiger charge is 2.37. The Morgan fingerprint density at radius 2 is 1.67 bits per heavy atom. The van der Waals surface area contributed by atoms with E-state index in [2.05, 4.69) is 41.9 Å². The molecule has 0 aromatic heterocycles. The van der Waals surface area contributed by atoms with Crippen molar-refractivity contribution in [1.82, 2.24) is 0 Å². The molecule has 0 aliphatic rings. The van der Waals surface area contributed by atoms with Crippen LogP contribution in [-0.4, -0.2) is 0 Å². The van der Waals surface area contributed by atoms with E-state index in [1.807, 2.05) is 24.3 Å². The van der Waals surface area contributed by atoms with Crippen molar-refractivity contribution in [2.24, 2.45) is 5.73 Å². The maximum Gasteiger partial charge on any atom is 0.142 e. The van der Waals surface area contributed by atoms with Gasteiger partial charge in [0.05, 0.1) is 4.47 Å². The highest BCUT2D eigenvalue weighted by Crippen LogP contribution is 2.42. The van der Waals surface area contributed by atoms with Gasteiger partial charge in [0.25, 0.3) is 0 Å². The predicted octanol–water partition coefficient (Wildman–Crippen LogP) is 5.35. The van der Waals surface area contributed by atoms with Gasteiger partial charge in [-0.25, -0.2) is 4.39 Å². The van der Waals surface area contributed by atoms with Crippen molar-refractivity contribution in [3.8, 4) is 0 Å². The molecule has 1 atom stereocenters. The van der Waals surface area contributed by atoms with E-state index in [1.54, 1.807) is 12.1 Å². The van der Waals surface area contributed by atoms with Crippen LogP contribution in [0.15, 0.2) is 53.0 Å². The third-order valence-corrected chi connectivity index (χ3v) is 5.13. The fourth-order valence-corrected chi connectivity index (χ4v) is 3.49. The van der Waals surface area contributed by atoms with Crippen molar-refractivity contribution < 1.29 is 4.39 Å². The molecule has 0 aliphatic carbocycles.